The van der Waals surface area contributed by atoms with Crippen LogP contribution < -0.4 is 0 Å². The standard InChI is InChI=1S/C9H18O2Si/c1-6-12-9(10-7(2)3)11-8(4)5/h9H,2,4,6,12H2,1,3,5H3. The summed E-state index contributed by atoms with van der Waals surface area (Å²) < 4.78 is 10.8. The summed E-state index contributed by atoms with van der Waals surface area (Å²) >= 11 is 0. The minimum atomic E-state index is -0.316. The average molecular weight is 186 g/mol. The first kappa shape index (κ1) is 11.3. The molecule has 0 heterocycles. The second-order valence-corrected chi connectivity index (χ2v) is 5.10. The highest BCUT2D eigenvalue weighted by atomic mass is 28.2. The van der Waals surface area contributed by atoms with Gasteiger partial charge in [0, 0.05) is 0 Å². The molecule has 0 rings (SSSR count). The van der Waals surface area contributed by atoms with Crippen molar-refractivity contribution in [3.63, 3.8) is 0 Å². The van der Waals surface area contributed by atoms with E-state index in [0.29, 0.717) is 11.5 Å². The van der Waals surface area contributed by atoms with Crippen LogP contribution in [-0.2, 0) is 9.47 Å². The van der Waals surface area contributed by atoms with Gasteiger partial charge in [-0.05, 0) is 13.8 Å². The summed E-state index contributed by atoms with van der Waals surface area (Å²) in [5, 5.41) is 0. The average Bonchev–Trinajstić information content (AvgIpc) is 1.84. The highest BCUT2D eigenvalue weighted by Gasteiger charge is 2.09. The first-order chi connectivity index (χ1) is 5.56. The van der Waals surface area contributed by atoms with E-state index >= 15 is 0 Å². The number of hydrogen-bond donors (Lipinski definition) is 0. The Morgan fingerprint density at radius 3 is 1.92 bits per heavy atom. The molecule has 0 N–H and O–H groups in total. The zero-order valence-electron chi connectivity index (χ0n) is 8.22. The number of hydrogen-bond acceptors (Lipinski definition) is 2. The maximum absolute atomic E-state index is 5.39. The van der Waals surface area contributed by atoms with E-state index in [4.69, 9.17) is 9.47 Å². The van der Waals surface area contributed by atoms with Crippen molar-refractivity contribution in [1.82, 2.24) is 0 Å². The highest BCUT2D eigenvalue weighted by molar-refractivity contribution is 6.36. The lowest BCUT2D eigenvalue weighted by Crippen LogP contribution is -2.22. The van der Waals surface area contributed by atoms with E-state index in [0.717, 1.165) is 6.04 Å². The Bertz CT molecular complexity index is 150. The second-order valence-electron chi connectivity index (χ2n) is 2.86. The first-order valence-corrected chi connectivity index (χ1v) is 6.02. The molecule has 0 fully saturated rings. The molecular formula is C9H18O2Si. The smallest absolute Gasteiger partial charge is 0.211 e. The minimum Gasteiger partial charge on any atom is -0.465 e. The van der Waals surface area contributed by atoms with Crippen LogP contribution in [0.4, 0.5) is 0 Å². The summed E-state index contributed by atoms with van der Waals surface area (Å²) in [6.45, 7) is 13.2. The lowest BCUT2D eigenvalue weighted by atomic mass is 10.6. The third kappa shape index (κ3) is 6.04. The fourth-order valence-corrected chi connectivity index (χ4v) is 2.10. The van der Waals surface area contributed by atoms with Gasteiger partial charge in [0.1, 0.15) is 9.52 Å². The molecule has 0 aromatic carbocycles. The monoisotopic (exact) mass is 186 g/mol. The van der Waals surface area contributed by atoms with Crippen molar-refractivity contribution < 1.29 is 9.47 Å². The molecule has 0 saturated carbocycles. The molecule has 3 heteroatoms. The zero-order valence-corrected chi connectivity index (χ0v) is 9.64. The molecule has 0 unspecified atom stereocenters. The first-order valence-electron chi connectivity index (χ1n) is 4.20. The van der Waals surface area contributed by atoms with Crippen molar-refractivity contribution in [1.29, 1.82) is 0 Å². The zero-order chi connectivity index (χ0) is 9.56. The van der Waals surface area contributed by atoms with Crippen molar-refractivity contribution in [3.05, 3.63) is 24.7 Å². The third-order valence-electron chi connectivity index (χ3n) is 1.19. The molecule has 0 aliphatic heterocycles. The maximum Gasteiger partial charge on any atom is 0.211 e. The topological polar surface area (TPSA) is 18.5 Å². The van der Waals surface area contributed by atoms with Crippen LogP contribution in [0, 0.1) is 0 Å². The van der Waals surface area contributed by atoms with E-state index in [-0.39, 0.29) is 15.4 Å². The van der Waals surface area contributed by atoms with Gasteiger partial charge in [0.25, 0.3) is 0 Å². The van der Waals surface area contributed by atoms with Crippen LogP contribution in [0.15, 0.2) is 24.7 Å². The van der Waals surface area contributed by atoms with Gasteiger partial charge in [0.2, 0.25) is 5.91 Å². The van der Waals surface area contributed by atoms with Gasteiger partial charge in [-0.1, -0.05) is 26.1 Å². The summed E-state index contributed by atoms with van der Waals surface area (Å²) in [5.74, 6) is 1.34. The van der Waals surface area contributed by atoms with E-state index in [1.54, 1.807) is 0 Å². The quantitative estimate of drug-likeness (QED) is 0.359. The van der Waals surface area contributed by atoms with Crippen LogP contribution in [0.5, 0.6) is 0 Å². The summed E-state index contributed by atoms with van der Waals surface area (Å²) in [6.07, 6.45) is 0. The summed E-state index contributed by atoms with van der Waals surface area (Å²) in [7, 11) is -0.316. The molecule has 0 aliphatic carbocycles. The Morgan fingerprint density at radius 1 is 1.25 bits per heavy atom. The summed E-state index contributed by atoms with van der Waals surface area (Å²) in [5.41, 5.74) is 0. The molecule has 12 heavy (non-hydrogen) atoms. The molecule has 0 aromatic rings. The molecule has 0 amide bonds. The maximum atomic E-state index is 5.39. The minimum absolute atomic E-state index is 0.0787. The third-order valence-corrected chi connectivity index (χ3v) is 2.57. The second kappa shape index (κ2) is 5.89. The molecule has 70 valence electrons. The van der Waals surface area contributed by atoms with E-state index in [1.165, 1.54) is 0 Å². The van der Waals surface area contributed by atoms with Gasteiger partial charge in [-0.3, -0.25) is 0 Å². The molecule has 0 aromatic heterocycles. The molecule has 0 aliphatic rings. The molecule has 0 saturated heterocycles. The fraction of sp³-hybridized carbons (Fsp3) is 0.556. The fourth-order valence-electron chi connectivity index (χ4n) is 0.826. The molecule has 0 bridgehead atoms. The van der Waals surface area contributed by atoms with Crippen molar-refractivity contribution in [2.45, 2.75) is 32.7 Å². The molecule has 0 atom stereocenters. The van der Waals surface area contributed by atoms with Crippen LogP contribution in [-0.4, -0.2) is 15.4 Å². The van der Waals surface area contributed by atoms with Gasteiger partial charge in [-0.15, -0.1) is 0 Å². The van der Waals surface area contributed by atoms with Crippen molar-refractivity contribution in [2.75, 3.05) is 0 Å². The molecule has 0 radical (unpaired) electrons. The van der Waals surface area contributed by atoms with E-state index in [2.05, 4.69) is 20.1 Å². The van der Waals surface area contributed by atoms with Crippen LogP contribution >= 0.6 is 0 Å². The van der Waals surface area contributed by atoms with Crippen molar-refractivity contribution in [3.8, 4) is 0 Å². The van der Waals surface area contributed by atoms with Gasteiger partial charge >= 0.3 is 0 Å². The Kier molecular flexibility index (Phi) is 5.54. The number of allylic oxidation sites excluding steroid dienone is 2. The largest absolute Gasteiger partial charge is 0.465 e. The van der Waals surface area contributed by atoms with Gasteiger partial charge < -0.3 is 9.47 Å². The van der Waals surface area contributed by atoms with Gasteiger partial charge in [-0.2, -0.15) is 0 Å². The Hall–Kier alpha value is -0.703. The lowest BCUT2D eigenvalue weighted by Gasteiger charge is -2.19. The Balaban J connectivity index is 3.85. The summed E-state index contributed by atoms with van der Waals surface area (Å²) in [6, 6.07) is 1.16. The predicted molar refractivity (Wildman–Crippen MR) is 54.6 cm³/mol. The Labute approximate surface area is 77.1 Å². The molecule has 2 nitrogen and oxygen atoms in total. The normalized spacial score (nSPS) is 10.7. The van der Waals surface area contributed by atoms with Crippen LogP contribution in [0.3, 0.4) is 0 Å². The highest BCUT2D eigenvalue weighted by Crippen LogP contribution is 2.06. The SMILES string of the molecule is C=C(C)OC(OC(=C)C)[SiH2]CC. The van der Waals surface area contributed by atoms with Crippen LogP contribution in [0.25, 0.3) is 0 Å². The lowest BCUT2D eigenvalue weighted by molar-refractivity contribution is -0.0251. The molecule has 0 spiro atoms. The Morgan fingerprint density at radius 2 is 1.67 bits per heavy atom. The number of ether oxygens (including phenoxy) is 2. The van der Waals surface area contributed by atoms with Crippen LogP contribution in [0.2, 0.25) is 6.04 Å². The number of rotatable bonds is 6. The van der Waals surface area contributed by atoms with Gasteiger partial charge in [-0.25, -0.2) is 0 Å². The van der Waals surface area contributed by atoms with Gasteiger partial charge in [0.05, 0.1) is 11.5 Å². The van der Waals surface area contributed by atoms with E-state index in [1.807, 2.05) is 13.8 Å². The van der Waals surface area contributed by atoms with Gasteiger partial charge in [0.15, 0.2) is 0 Å². The summed E-state index contributed by atoms with van der Waals surface area (Å²) in [4.78, 5) is 0. The van der Waals surface area contributed by atoms with E-state index in [9.17, 15) is 0 Å². The van der Waals surface area contributed by atoms with E-state index < -0.39 is 0 Å². The van der Waals surface area contributed by atoms with Crippen molar-refractivity contribution >= 4 is 9.52 Å². The predicted octanol–water partition coefficient (Wildman–Crippen LogP) is 1.98. The van der Waals surface area contributed by atoms with Crippen molar-refractivity contribution in [2.24, 2.45) is 0 Å². The van der Waals surface area contributed by atoms with Crippen LogP contribution in [0.1, 0.15) is 20.8 Å². The molecular weight excluding hydrogens is 168 g/mol.